The minimum atomic E-state index is -0.455. The summed E-state index contributed by atoms with van der Waals surface area (Å²) in [6.45, 7) is 1.97. The molecule has 0 aliphatic rings. The molecule has 0 saturated heterocycles. The zero-order valence-corrected chi connectivity index (χ0v) is 7.70. The van der Waals surface area contributed by atoms with Gasteiger partial charge in [-0.3, -0.25) is 0 Å². The quantitative estimate of drug-likeness (QED) is 0.463. The van der Waals surface area contributed by atoms with E-state index < -0.39 is 5.63 Å². The lowest BCUT2D eigenvalue weighted by Gasteiger charge is -1.98. The molecule has 14 heavy (non-hydrogen) atoms. The molecule has 0 radical (unpaired) electrons. The van der Waals surface area contributed by atoms with Gasteiger partial charge in [0.25, 0.3) is 0 Å². The normalized spacial score (nSPS) is 10.0. The van der Waals surface area contributed by atoms with Gasteiger partial charge in [0.05, 0.1) is 0 Å². The van der Waals surface area contributed by atoms with Gasteiger partial charge in [0.2, 0.25) is 0 Å². The van der Waals surface area contributed by atoms with Gasteiger partial charge in [-0.05, 0) is 25.1 Å². The number of hydrogen-bond acceptors (Lipinski definition) is 2. The summed E-state index contributed by atoms with van der Waals surface area (Å²) < 4.78 is 5.04. The molecule has 0 atom stereocenters. The molecule has 2 aromatic rings. The Morgan fingerprint density at radius 2 is 2.14 bits per heavy atom. The summed E-state index contributed by atoms with van der Waals surface area (Å²) in [5.41, 5.74) is 1.49. The number of benzene rings is 1. The largest absolute Gasteiger partial charge is 0.422 e. The van der Waals surface area contributed by atoms with E-state index in [1.165, 1.54) is 0 Å². The average Bonchev–Trinajstić information content (AvgIpc) is 2.17. The molecule has 0 unspecified atom stereocenters. The van der Waals surface area contributed by atoms with Crippen molar-refractivity contribution in [1.82, 2.24) is 0 Å². The number of rotatable bonds is 0. The fraction of sp³-hybridized carbons (Fsp3) is 0.0833. The summed E-state index contributed by atoms with van der Waals surface area (Å²) in [5, 5.41) is 0.859. The standard InChI is InChI=1S/C12H8O2/c1-3-9-7-10-6-8(2)4-5-11(10)14-12(9)13/h1,4-7H,2H3. The Morgan fingerprint density at radius 3 is 2.86 bits per heavy atom. The molecule has 0 saturated carbocycles. The number of aryl methyl sites for hydroxylation is 1. The Hall–Kier alpha value is -2.01. The summed E-state index contributed by atoms with van der Waals surface area (Å²) >= 11 is 0. The Bertz CT molecular complexity index is 585. The van der Waals surface area contributed by atoms with Crippen LogP contribution in [-0.4, -0.2) is 0 Å². The SMILES string of the molecule is C#Cc1cc2cc(C)ccc2oc1=O. The zero-order valence-electron chi connectivity index (χ0n) is 7.70. The van der Waals surface area contributed by atoms with Crippen molar-refractivity contribution >= 4 is 11.0 Å². The molecule has 0 N–H and O–H groups in total. The second-order valence-electron chi connectivity index (χ2n) is 3.13. The summed E-state index contributed by atoms with van der Waals surface area (Å²) in [6.07, 6.45) is 5.17. The van der Waals surface area contributed by atoms with Gasteiger partial charge in [-0.2, -0.15) is 0 Å². The minimum Gasteiger partial charge on any atom is -0.422 e. The highest BCUT2D eigenvalue weighted by molar-refractivity contribution is 5.78. The molecule has 0 amide bonds. The first-order valence-electron chi connectivity index (χ1n) is 4.22. The van der Waals surface area contributed by atoms with Crippen molar-refractivity contribution < 1.29 is 4.42 Å². The molecule has 1 heterocycles. The van der Waals surface area contributed by atoms with Crippen molar-refractivity contribution in [1.29, 1.82) is 0 Å². The second-order valence-corrected chi connectivity index (χ2v) is 3.13. The maximum Gasteiger partial charge on any atom is 0.352 e. The van der Waals surface area contributed by atoms with Crippen molar-refractivity contribution in [2.24, 2.45) is 0 Å². The molecule has 2 nitrogen and oxygen atoms in total. The molecule has 2 heteroatoms. The molecular formula is C12H8O2. The monoisotopic (exact) mass is 184 g/mol. The van der Waals surface area contributed by atoms with E-state index in [2.05, 4.69) is 5.92 Å². The lowest BCUT2D eigenvalue weighted by atomic mass is 10.1. The Kier molecular flexibility index (Phi) is 1.86. The van der Waals surface area contributed by atoms with Crippen LogP contribution in [0.2, 0.25) is 0 Å². The first kappa shape index (κ1) is 8.58. The van der Waals surface area contributed by atoms with Gasteiger partial charge in [-0.15, -0.1) is 6.42 Å². The fourth-order valence-corrected chi connectivity index (χ4v) is 1.34. The maximum atomic E-state index is 11.2. The predicted octanol–water partition coefficient (Wildman–Crippen LogP) is 2.08. The van der Waals surface area contributed by atoms with Crippen molar-refractivity contribution in [2.45, 2.75) is 6.92 Å². The van der Waals surface area contributed by atoms with Gasteiger partial charge in [-0.1, -0.05) is 17.6 Å². The summed E-state index contributed by atoms with van der Waals surface area (Å²) in [4.78, 5) is 11.2. The molecule has 0 aliphatic heterocycles. The third-order valence-electron chi connectivity index (χ3n) is 2.04. The van der Waals surface area contributed by atoms with Crippen LogP contribution in [0.3, 0.4) is 0 Å². The third kappa shape index (κ3) is 1.29. The van der Waals surface area contributed by atoms with Gasteiger partial charge < -0.3 is 4.42 Å². The molecule has 1 aromatic heterocycles. The smallest absolute Gasteiger partial charge is 0.352 e. The van der Waals surface area contributed by atoms with E-state index in [-0.39, 0.29) is 5.56 Å². The Morgan fingerprint density at radius 1 is 1.36 bits per heavy atom. The molecule has 0 bridgehead atoms. The topological polar surface area (TPSA) is 30.2 Å². The van der Waals surface area contributed by atoms with Crippen molar-refractivity contribution in [3.05, 3.63) is 45.8 Å². The molecule has 0 spiro atoms. The molecule has 0 fully saturated rings. The highest BCUT2D eigenvalue weighted by Gasteiger charge is 2.02. The molecule has 2 rings (SSSR count). The molecular weight excluding hydrogens is 176 g/mol. The van der Waals surface area contributed by atoms with E-state index in [1.54, 1.807) is 12.1 Å². The van der Waals surface area contributed by atoms with E-state index in [9.17, 15) is 4.79 Å². The average molecular weight is 184 g/mol. The van der Waals surface area contributed by atoms with E-state index in [4.69, 9.17) is 10.8 Å². The second kappa shape index (κ2) is 3.04. The lowest BCUT2D eigenvalue weighted by molar-refractivity contribution is 0.559. The highest BCUT2D eigenvalue weighted by Crippen LogP contribution is 2.14. The summed E-state index contributed by atoms with van der Waals surface area (Å²) in [5.74, 6) is 2.30. The van der Waals surface area contributed by atoms with E-state index >= 15 is 0 Å². The molecule has 1 aromatic carbocycles. The van der Waals surface area contributed by atoms with Crippen LogP contribution < -0.4 is 5.63 Å². The van der Waals surface area contributed by atoms with Crippen molar-refractivity contribution in [3.63, 3.8) is 0 Å². The van der Waals surface area contributed by atoms with Gasteiger partial charge >= 0.3 is 5.63 Å². The van der Waals surface area contributed by atoms with E-state index in [0.29, 0.717) is 5.58 Å². The maximum absolute atomic E-state index is 11.2. The third-order valence-corrected chi connectivity index (χ3v) is 2.04. The van der Waals surface area contributed by atoms with Gasteiger partial charge in [0, 0.05) is 5.39 Å². The summed E-state index contributed by atoms with van der Waals surface area (Å²) in [7, 11) is 0. The summed E-state index contributed by atoms with van der Waals surface area (Å²) in [6, 6.07) is 7.26. The molecule has 0 aliphatic carbocycles. The highest BCUT2D eigenvalue weighted by atomic mass is 16.4. The Labute approximate surface area is 81.2 Å². The van der Waals surface area contributed by atoms with Crippen LogP contribution in [0.25, 0.3) is 11.0 Å². The van der Waals surface area contributed by atoms with Crippen molar-refractivity contribution in [3.8, 4) is 12.3 Å². The first-order valence-corrected chi connectivity index (χ1v) is 4.22. The van der Waals surface area contributed by atoms with Gasteiger partial charge in [0.15, 0.2) is 0 Å². The van der Waals surface area contributed by atoms with Crippen molar-refractivity contribution in [2.75, 3.05) is 0 Å². The number of terminal acetylenes is 1. The van der Waals surface area contributed by atoms with Crippen LogP contribution in [0.5, 0.6) is 0 Å². The minimum absolute atomic E-state index is 0.267. The van der Waals surface area contributed by atoms with E-state index in [1.807, 2.05) is 19.1 Å². The first-order chi connectivity index (χ1) is 6.70. The van der Waals surface area contributed by atoms with Crippen LogP contribution in [0.1, 0.15) is 11.1 Å². The Balaban J connectivity index is 2.89. The number of hydrogen-bond donors (Lipinski definition) is 0. The van der Waals surface area contributed by atoms with E-state index in [0.717, 1.165) is 10.9 Å². The van der Waals surface area contributed by atoms with Crippen LogP contribution >= 0.6 is 0 Å². The molecule has 68 valence electrons. The predicted molar refractivity (Wildman–Crippen MR) is 55.2 cm³/mol. The van der Waals surface area contributed by atoms with Crippen LogP contribution in [0.4, 0.5) is 0 Å². The fourth-order valence-electron chi connectivity index (χ4n) is 1.34. The van der Waals surface area contributed by atoms with Gasteiger partial charge in [-0.25, -0.2) is 4.79 Å². The van der Waals surface area contributed by atoms with Crippen LogP contribution in [0, 0.1) is 19.3 Å². The number of fused-ring (bicyclic) bond motifs is 1. The van der Waals surface area contributed by atoms with Crippen LogP contribution in [0.15, 0.2) is 33.5 Å². The van der Waals surface area contributed by atoms with Crippen LogP contribution in [-0.2, 0) is 0 Å². The van der Waals surface area contributed by atoms with Gasteiger partial charge in [0.1, 0.15) is 11.1 Å². The zero-order chi connectivity index (χ0) is 10.1. The lowest BCUT2D eigenvalue weighted by Crippen LogP contribution is -2.02.